The minimum atomic E-state index is -3.86. The van der Waals surface area contributed by atoms with Crippen molar-refractivity contribution in [3.8, 4) is 0 Å². The zero-order chi connectivity index (χ0) is 15.6. The van der Waals surface area contributed by atoms with Gasteiger partial charge in [-0.1, -0.05) is 0 Å². The third-order valence-electron chi connectivity index (χ3n) is 2.49. The Labute approximate surface area is 118 Å². The highest BCUT2D eigenvalue weighted by molar-refractivity contribution is 7.89. The van der Waals surface area contributed by atoms with Crippen molar-refractivity contribution in [1.82, 2.24) is 4.72 Å². The summed E-state index contributed by atoms with van der Waals surface area (Å²) in [5, 5.41) is 8.02. The Balaban J connectivity index is 2.89. The minimum Gasteiger partial charge on any atom is -0.399 e. The van der Waals surface area contributed by atoms with Gasteiger partial charge in [-0.15, -0.1) is 0 Å². The molecule has 0 aliphatic heterocycles. The molecule has 0 atom stereocenters. The van der Waals surface area contributed by atoms with Gasteiger partial charge < -0.3 is 11.1 Å². The molecule has 0 amide bonds. The van der Waals surface area contributed by atoms with Crippen molar-refractivity contribution in [3.05, 3.63) is 17.7 Å². The molecule has 114 valence electrons. The Morgan fingerprint density at radius 3 is 2.25 bits per heavy atom. The van der Waals surface area contributed by atoms with Crippen molar-refractivity contribution in [1.29, 1.82) is 0 Å². The lowest BCUT2D eigenvalue weighted by atomic mass is 10.2. The third kappa shape index (κ3) is 4.96. The maximum atomic E-state index is 11.4. The Hall–Kier alpha value is -1.36. The minimum absolute atomic E-state index is 0.0592. The fourth-order valence-electron chi connectivity index (χ4n) is 1.62. The lowest BCUT2D eigenvalue weighted by Crippen LogP contribution is -2.28. The summed E-state index contributed by atoms with van der Waals surface area (Å²) in [4.78, 5) is -0.0592. The molecule has 0 saturated carbocycles. The number of hydrogen-bond acceptors (Lipinski definition) is 6. The van der Waals surface area contributed by atoms with E-state index in [2.05, 4.69) is 10.0 Å². The van der Waals surface area contributed by atoms with Crippen molar-refractivity contribution in [3.63, 3.8) is 0 Å². The summed E-state index contributed by atoms with van der Waals surface area (Å²) in [7, 11) is -7.12. The van der Waals surface area contributed by atoms with E-state index in [1.54, 1.807) is 13.0 Å². The van der Waals surface area contributed by atoms with Gasteiger partial charge in [-0.25, -0.2) is 26.7 Å². The molecule has 0 aliphatic rings. The van der Waals surface area contributed by atoms with Crippen molar-refractivity contribution in [2.45, 2.75) is 11.8 Å². The van der Waals surface area contributed by atoms with Gasteiger partial charge in [0, 0.05) is 24.5 Å². The van der Waals surface area contributed by atoms with Crippen molar-refractivity contribution in [2.75, 3.05) is 30.4 Å². The van der Waals surface area contributed by atoms with Gasteiger partial charge in [0.15, 0.2) is 0 Å². The van der Waals surface area contributed by atoms with Gasteiger partial charge in [-0.05, 0) is 24.6 Å². The molecule has 0 heterocycles. The monoisotopic (exact) mass is 322 g/mol. The van der Waals surface area contributed by atoms with Crippen LogP contribution < -0.4 is 20.9 Å². The number of sulfonamides is 2. The SMILES string of the molecule is Cc1c(NCCNS(C)(=O)=O)cc(N)cc1S(N)(=O)=O. The highest BCUT2D eigenvalue weighted by atomic mass is 32.2. The van der Waals surface area contributed by atoms with Crippen LogP contribution in [-0.2, 0) is 20.0 Å². The molecular weight excluding hydrogens is 304 g/mol. The Kier molecular flexibility index (Phi) is 4.97. The quantitative estimate of drug-likeness (QED) is 0.398. The van der Waals surface area contributed by atoms with E-state index in [9.17, 15) is 16.8 Å². The van der Waals surface area contributed by atoms with Gasteiger partial charge >= 0.3 is 0 Å². The van der Waals surface area contributed by atoms with Gasteiger partial charge in [0.1, 0.15) is 0 Å². The van der Waals surface area contributed by atoms with Gasteiger partial charge in [0.25, 0.3) is 0 Å². The molecule has 0 unspecified atom stereocenters. The van der Waals surface area contributed by atoms with Crippen LogP contribution in [-0.4, -0.2) is 36.2 Å². The zero-order valence-corrected chi connectivity index (χ0v) is 12.8. The summed E-state index contributed by atoms with van der Waals surface area (Å²) in [6.45, 7) is 2.03. The molecule has 0 bridgehead atoms. The van der Waals surface area contributed by atoms with E-state index >= 15 is 0 Å². The average molecular weight is 322 g/mol. The molecule has 0 aliphatic carbocycles. The van der Waals surface area contributed by atoms with E-state index in [-0.39, 0.29) is 23.7 Å². The third-order valence-corrected chi connectivity index (χ3v) is 4.26. The Morgan fingerprint density at radius 2 is 1.75 bits per heavy atom. The fraction of sp³-hybridized carbons (Fsp3) is 0.400. The second-order valence-electron chi connectivity index (χ2n) is 4.33. The maximum Gasteiger partial charge on any atom is 0.238 e. The van der Waals surface area contributed by atoms with E-state index in [4.69, 9.17) is 10.9 Å². The van der Waals surface area contributed by atoms with Crippen LogP contribution in [0, 0.1) is 6.92 Å². The molecule has 0 radical (unpaired) electrons. The molecule has 0 saturated heterocycles. The summed E-state index contributed by atoms with van der Waals surface area (Å²) in [6.07, 6.45) is 1.05. The molecule has 10 heteroatoms. The predicted molar refractivity (Wildman–Crippen MR) is 78.3 cm³/mol. The Morgan fingerprint density at radius 1 is 1.15 bits per heavy atom. The molecule has 6 N–H and O–H groups in total. The molecule has 0 fully saturated rings. The first-order valence-electron chi connectivity index (χ1n) is 5.62. The van der Waals surface area contributed by atoms with E-state index in [1.807, 2.05) is 0 Å². The summed E-state index contributed by atoms with van der Waals surface area (Å²) >= 11 is 0. The number of anilines is 2. The molecule has 0 spiro atoms. The summed E-state index contributed by atoms with van der Waals surface area (Å²) < 4.78 is 46.9. The average Bonchev–Trinajstić information content (AvgIpc) is 2.25. The van der Waals surface area contributed by atoms with Crippen LogP contribution in [0.2, 0.25) is 0 Å². The van der Waals surface area contributed by atoms with Crippen LogP contribution in [0.25, 0.3) is 0 Å². The van der Waals surface area contributed by atoms with Gasteiger partial charge in [-0.3, -0.25) is 0 Å². The zero-order valence-electron chi connectivity index (χ0n) is 11.2. The lowest BCUT2D eigenvalue weighted by molar-refractivity contribution is 0.589. The normalized spacial score (nSPS) is 12.3. The topological polar surface area (TPSA) is 144 Å². The molecule has 1 rings (SSSR count). The van der Waals surface area contributed by atoms with E-state index in [0.717, 1.165) is 6.26 Å². The number of nitrogen functional groups attached to an aromatic ring is 1. The van der Waals surface area contributed by atoms with Gasteiger partial charge in [0.2, 0.25) is 20.0 Å². The summed E-state index contributed by atoms with van der Waals surface area (Å²) in [6, 6.07) is 2.84. The molecule has 1 aromatic rings. The highest BCUT2D eigenvalue weighted by Crippen LogP contribution is 2.25. The first-order valence-corrected chi connectivity index (χ1v) is 9.06. The maximum absolute atomic E-state index is 11.4. The van der Waals surface area contributed by atoms with Gasteiger partial charge in [0.05, 0.1) is 11.2 Å². The van der Waals surface area contributed by atoms with Crippen LogP contribution in [0.15, 0.2) is 17.0 Å². The highest BCUT2D eigenvalue weighted by Gasteiger charge is 2.15. The number of nitrogens with two attached hydrogens (primary N) is 2. The summed E-state index contributed by atoms with van der Waals surface area (Å²) in [5.74, 6) is 0. The van der Waals surface area contributed by atoms with Crippen molar-refractivity contribution < 1.29 is 16.8 Å². The van der Waals surface area contributed by atoms with Crippen LogP contribution in [0.5, 0.6) is 0 Å². The van der Waals surface area contributed by atoms with Crippen LogP contribution in [0.1, 0.15) is 5.56 Å². The second kappa shape index (κ2) is 5.95. The molecule has 0 aromatic heterocycles. The smallest absolute Gasteiger partial charge is 0.238 e. The largest absolute Gasteiger partial charge is 0.399 e. The van der Waals surface area contributed by atoms with Crippen LogP contribution in [0.4, 0.5) is 11.4 Å². The molecule has 20 heavy (non-hydrogen) atoms. The standard InChI is InChI=1S/C10H18N4O4S2/c1-7-9(13-3-4-14-19(2,15)16)5-8(11)6-10(7)20(12,17)18/h5-6,13-14H,3-4,11H2,1-2H3,(H2,12,17,18). The van der Waals surface area contributed by atoms with E-state index in [1.165, 1.54) is 6.07 Å². The number of nitrogens with one attached hydrogen (secondary N) is 2. The first kappa shape index (κ1) is 16.7. The number of benzene rings is 1. The fourth-order valence-corrected chi connectivity index (χ4v) is 2.93. The van der Waals surface area contributed by atoms with Crippen molar-refractivity contribution in [2.24, 2.45) is 5.14 Å². The molecule has 1 aromatic carbocycles. The number of rotatable bonds is 6. The molecular formula is C10H18N4O4S2. The van der Waals surface area contributed by atoms with Gasteiger partial charge in [-0.2, -0.15) is 0 Å². The predicted octanol–water partition coefficient (Wildman–Crippen LogP) is -0.814. The Bertz CT molecular complexity index is 698. The van der Waals surface area contributed by atoms with E-state index < -0.39 is 20.0 Å². The molecule has 8 nitrogen and oxygen atoms in total. The number of primary sulfonamides is 1. The lowest BCUT2D eigenvalue weighted by Gasteiger charge is -2.13. The van der Waals surface area contributed by atoms with Crippen molar-refractivity contribution >= 4 is 31.4 Å². The first-order chi connectivity index (χ1) is 9.00. The second-order valence-corrected chi connectivity index (χ2v) is 7.69. The summed E-state index contributed by atoms with van der Waals surface area (Å²) in [5.41, 5.74) is 6.80. The van der Waals surface area contributed by atoms with Crippen LogP contribution in [0.3, 0.4) is 0 Å². The number of hydrogen-bond donors (Lipinski definition) is 4. The van der Waals surface area contributed by atoms with E-state index in [0.29, 0.717) is 11.3 Å². The van der Waals surface area contributed by atoms with Crippen LogP contribution >= 0.6 is 0 Å².